The number of nitrogens with zero attached hydrogens (tertiary/aromatic N) is 1. The Morgan fingerprint density at radius 3 is 2.41 bits per heavy atom. The predicted octanol–water partition coefficient (Wildman–Crippen LogP) is 4.74. The van der Waals surface area contributed by atoms with Gasteiger partial charge in [0.25, 0.3) is 0 Å². The summed E-state index contributed by atoms with van der Waals surface area (Å²) in [4.78, 5) is 2.18. The monoisotopic (exact) mass is 393 g/mol. The Hall–Kier alpha value is -3.12. The Labute approximate surface area is 169 Å². The average molecular weight is 393 g/mol. The Bertz CT molecular complexity index is 1110. The van der Waals surface area contributed by atoms with E-state index >= 15 is 0 Å². The lowest BCUT2D eigenvalue weighted by Gasteiger charge is -2.38. The van der Waals surface area contributed by atoms with Gasteiger partial charge in [-0.25, -0.2) is 0 Å². The lowest BCUT2D eigenvalue weighted by molar-refractivity contribution is 0.0627. The fourth-order valence-electron chi connectivity index (χ4n) is 4.31. The van der Waals surface area contributed by atoms with Crippen LogP contribution in [0.15, 0.2) is 36.4 Å². The average Bonchev–Trinajstić information content (AvgIpc) is 3.20. The van der Waals surface area contributed by atoms with Crippen molar-refractivity contribution in [3.8, 4) is 34.1 Å². The van der Waals surface area contributed by atoms with E-state index < -0.39 is 0 Å². The van der Waals surface area contributed by atoms with Crippen LogP contribution in [0.2, 0.25) is 0 Å². The molecule has 6 heteroatoms. The van der Waals surface area contributed by atoms with Gasteiger partial charge in [-0.1, -0.05) is 12.1 Å². The molecule has 0 saturated carbocycles. The van der Waals surface area contributed by atoms with Crippen molar-refractivity contribution in [1.82, 2.24) is 0 Å². The number of rotatable bonds is 4. The van der Waals surface area contributed by atoms with E-state index in [4.69, 9.17) is 23.7 Å². The molecule has 0 aromatic heterocycles. The minimum Gasteiger partial charge on any atom is -0.493 e. The van der Waals surface area contributed by atoms with Crippen molar-refractivity contribution in [1.29, 1.82) is 0 Å². The number of fused-ring (bicyclic) bond motifs is 6. The molecule has 0 amide bonds. The Morgan fingerprint density at radius 2 is 1.69 bits per heavy atom. The van der Waals surface area contributed by atoms with Gasteiger partial charge < -0.3 is 28.6 Å². The predicted molar refractivity (Wildman–Crippen MR) is 111 cm³/mol. The molecule has 0 fully saturated rings. The van der Waals surface area contributed by atoms with Gasteiger partial charge >= 0.3 is 0 Å². The summed E-state index contributed by atoms with van der Waals surface area (Å²) in [5.74, 6) is 2.94. The van der Waals surface area contributed by atoms with E-state index in [-0.39, 0.29) is 13.0 Å². The summed E-state index contributed by atoms with van der Waals surface area (Å²) in [7, 11) is 5.36. The third kappa shape index (κ3) is 2.59. The van der Waals surface area contributed by atoms with Crippen molar-refractivity contribution in [3.05, 3.63) is 42.0 Å². The lowest BCUT2D eigenvalue weighted by Crippen LogP contribution is -2.30. The van der Waals surface area contributed by atoms with Crippen molar-refractivity contribution < 1.29 is 23.7 Å². The number of hydrogen-bond acceptors (Lipinski definition) is 6. The van der Waals surface area contributed by atoms with Gasteiger partial charge in [-0.15, -0.1) is 0 Å². The molecule has 0 saturated heterocycles. The zero-order chi connectivity index (χ0) is 20.1. The first-order valence-electron chi connectivity index (χ1n) is 9.63. The Balaban J connectivity index is 1.81. The highest BCUT2D eigenvalue weighted by Crippen LogP contribution is 2.51. The second-order valence-electron chi connectivity index (χ2n) is 7.10. The van der Waals surface area contributed by atoms with E-state index in [0.29, 0.717) is 18.1 Å². The van der Waals surface area contributed by atoms with E-state index in [1.54, 1.807) is 14.2 Å². The van der Waals surface area contributed by atoms with Gasteiger partial charge in [0.2, 0.25) is 6.79 Å². The highest BCUT2D eigenvalue weighted by molar-refractivity contribution is 6.05. The number of methoxy groups -OCH3 is 2. The largest absolute Gasteiger partial charge is 0.493 e. The van der Waals surface area contributed by atoms with Crippen molar-refractivity contribution in [2.75, 3.05) is 39.6 Å². The first-order chi connectivity index (χ1) is 14.2. The molecule has 5 rings (SSSR count). The van der Waals surface area contributed by atoms with Gasteiger partial charge in [0.1, 0.15) is 0 Å². The van der Waals surface area contributed by atoms with Crippen molar-refractivity contribution in [3.63, 3.8) is 0 Å². The minimum atomic E-state index is -0.238. The number of ether oxygens (including phenoxy) is 5. The third-order valence-electron chi connectivity index (χ3n) is 5.63. The molecule has 3 aromatic rings. The van der Waals surface area contributed by atoms with Crippen LogP contribution >= 0.6 is 0 Å². The van der Waals surface area contributed by atoms with Crippen molar-refractivity contribution >= 4 is 16.5 Å². The summed E-state index contributed by atoms with van der Waals surface area (Å²) in [6, 6.07) is 12.4. The van der Waals surface area contributed by atoms with Gasteiger partial charge in [0, 0.05) is 30.2 Å². The fourth-order valence-corrected chi connectivity index (χ4v) is 4.31. The van der Waals surface area contributed by atoms with Crippen LogP contribution in [0.5, 0.6) is 23.0 Å². The molecule has 0 radical (unpaired) electrons. The van der Waals surface area contributed by atoms with Gasteiger partial charge in [-0.05, 0) is 42.1 Å². The van der Waals surface area contributed by atoms with Crippen LogP contribution < -0.4 is 23.8 Å². The molecule has 2 heterocycles. The van der Waals surface area contributed by atoms with E-state index in [0.717, 1.165) is 44.6 Å². The molecule has 0 aliphatic carbocycles. The summed E-state index contributed by atoms with van der Waals surface area (Å²) >= 11 is 0. The van der Waals surface area contributed by atoms with Crippen LogP contribution in [0, 0.1) is 0 Å². The number of anilines is 1. The first-order valence-corrected chi connectivity index (χ1v) is 9.63. The maximum absolute atomic E-state index is 6.17. The molecule has 6 nitrogen and oxygen atoms in total. The van der Waals surface area contributed by atoms with Crippen LogP contribution in [0.1, 0.15) is 18.7 Å². The molecular weight excluding hydrogens is 370 g/mol. The maximum Gasteiger partial charge on any atom is 0.231 e. The molecule has 0 bridgehead atoms. The van der Waals surface area contributed by atoms with E-state index in [9.17, 15) is 0 Å². The van der Waals surface area contributed by atoms with E-state index in [1.165, 1.54) is 0 Å². The SMILES string of the molecule is CCOC1c2cc(OC)c(OC)cc2-c2ccc3cc4c(cc3c2N1C)OCO4. The standard InChI is InChI=1S/C23H23NO5/c1-5-27-23-17-11-19(26-4)18(25-3)10-16(17)14-7-6-13-8-20-21(29-12-28-20)9-15(13)22(14)24(23)2/h6-11,23H,5,12H2,1-4H3. The lowest BCUT2D eigenvalue weighted by atomic mass is 9.89. The molecule has 1 atom stereocenters. The van der Waals surface area contributed by atoms with Crippen LogP contribution in [0.4, 0.5) is 5.69 Å². The smallest absolute Gasteiger partial charge is 0.231 e. The van der Waals surface area contributed by atoms with Crippen molar-refractivity contribution in [2.24, 2.45) is 0 Å². The second kappa shape index (κ2) is 6.74. The topological polar surface area (TPSA) is 49.4 Å². The van der Waals surface area contributed by atoms with Crippen LogP contribution in [0.25, 0.3) is 21.9 Å². The quantitative estimate of drug-likeness (QED) is 0.638. The van der Waals surface area contributed by atoms with Crippen molar-refractivity contribution in [2.45, 2.75) is 13.2 Å². The molecule has 3 aromatic carbocycles. The zero-order valence-corrected chi connectivity index (χ0v) is 16.9. The van der Waals surface area contributed by atoms with Gasteiger partial charge in [-0.3, -0.25) is 0 Å². The highest BCUT2D eigenvalue weighted by Gasteiger charge is 2.33. The zero-order valence-electron chi connectivity index (χ0n) is 16.9. The summed E-state index contributed by atoms with van der Waals surface area (Å²) < 4.78 is 28.5. The molecular formula is C23H23NO5. The summed E-state index contributed by atoms with van der Waals surface area (Å²) in [6.07, 6.45) is -0.238. The summed E-state index contributed by atoms with van der Waals surface area (Å²) in [6.45, 7) is 2.85. The van der Waals surface area contributed by atoms with Crippen LogP contribution in [-0.4, -0.2) is 34.7 Å². The Kier molecular flexibility index (Phi) is 4.17. The highest BCUT2D eigenvalue weighted by atomic mass is 16.7. The molecule has 2 aliphatic heterocycles. The normalized spacial score (nSPS) is 16.6. The Morgan fingerprint density at radius 1 is 0.966 bits per heavy atom. The molecule has 29 heavy (non-hydrogen) atoms. The molecule has 0 N–H and O–H groups in total. The summed E-state index contributed by atoms with van der Waals surface area (Å²) in [5, 5.41) is 2.19. The fraction of sp³-hybridized carbons (Fsp3) is 0.304. The number of benzene rings is 3. The number of hydrogen-bond donors (Lipinski definition) is 0. The third-order valence-corrected chi connectivity index (χ3v) is 5.63. The van der Waals surface area contributed by atoms with E-state index in [1.807, 2.05) is 25.1 Å². The second-order valence-corrected chi connectivity index (χ2v) is 7.10. The van der Waals surface area contributed by atoms with Crippen LogP contribution in [-0.2, 0) is 4.74 Å². The van der Waals surface area contributed by atoms with Gasteiger partial charge in [0.05, 0.1) is 19.9 Å². The summed E-state index contributed by atoms with van der Waals surface area (Å²) in [5.41, 5.74) is 4.35. The van der Waals surface area contributed by atoms with Gasteiger partial charge in [0.15, 0.2) is 29.2 Å². The molecule has 150 valence electrons. The first kappa shape index (κ1) is 17.9. The van der Waals surface area contributed by atoms with Gasteiger partial charge in [-0.2, -0.15) is 0 Å². The van der Waals surface area contributed by atoms with E-state index in [2.05, 4.69) is 30.1 Å². The molecule has 0 spiro atoms. The molecule has 2 aliphatic rings. The maximum atomic E-state index is 6.17. The molecule has 1 unspecified atom stereocenters. The van der Waals surface area contributed by atoms with Crippen LogP contribution in [0.3, 0.4) is 0 Å². The minimum absolute atomic E-state index is 0.238.